The van der Waals surface area contributed by atoms with Crippen LogP contribution in [0.1, 0.15) is 23.9 Å². The topological polar surface area (TPSA) is 50.2 Å². The number of hydrogen-bond acceptors (Lipinski definition) is 3. The van der Waals surface area contributed by atoms with Crippen molar-refractivity contribution in [2.24, 2.45) is 0 Å². The SMILES string of the molecule is CC(=O)/C(=C\CO)c1cc(C(F)(F)F)nc(C(F)(F)F)c1. The molecule has 1 rings (SSSR count). The lowest BCUT2D eigenvalue weighted by Gasteiger charge is -2.13. The van der Waals surface area contributed by atoms with E-state index in [1.807, 2.05) is 0 Å². The summed E-state index contributed by atoms with van der Waals surface area (Å²) in [7, 11) is 0. The first-order valence-electron chi connectivity index (χ1n) is 5.45. The number of pyridine rings is 1. The third-order valence-corrected chi connectivity index (χ3v) is 2.39. The van der Waals surface area contributed by atoms with E-state index in [9.17, 15) is 31.1 Å². The quantitative estimate of drug-likeness (QED) is 0.689. The van der Waals surface area contributed by atoms with E-state index in [2.05, 4.69) is 4.98 Å². The molecule has 0 amide bonds. The van der Waals surface area contributed by atoms with Gasteiger partial charge in [0.05, 0.1) is 6.61 Å². The molecule has 0 fully saturated rings. The van der Waals surface area contributed by atoms with Crippen LogP contribution in [0, 0.1) is 0 Å². The molecular formula is C12H9F6NO2. The van der Waals surface area contributed by atoms with Gasteiger partial charge >= 0.3 is 12.4 Å². The summed E-state index contributed by atoms with van der Waals surface area (Å²) in [5.74, 6) is -0.781. The number of aliphatic hydroxyl groups is 1. The van der Waals surface area contributed by atoms with E-state index in [0.717, 1.165) is 13.0 Å². The molecule has 0 aromatic carbocycles. The van der Waals surface area contributed by atoms with E-state index in [4.69, 9.17) is 5.11 Å². The van der Waals surface area contributed by atoms with Crippen LogP contribution in [-0.4, -0.2) is 22.5 Å². The Morgan fingerprint density at radius 1 is 1.14 bits per heavy atom. The Bertz CT molecular complexity index is 542. The number of allylic oxidation sites excluding steroid dienone is 1. The highest BCUT2D eigenvalue weighted by molar-refractivity contribution is 6.19. The second-order valence-corrected chi connectivity index (χ2v) is 3.98. The third kappa shape index (κ3) is 4.28. The molecule has 3 nitrogen and oxygen atoms in total. The van der Waals surface area contributed by atoms with Crippen LogP contribution in [0.25, 0.3) is 5.57 Å². The van der Waals surface area contributed by atoms with Crippen molar-refractivity contribution in [1.29, 1.82) is 0 Å². The minimum absolute atomic E-state index is 0.331. The summed E-state index contributed by atoms with van der Waals surface area (Å²) in [5.41, 5.74) is -4.59. The zero-order valence-electron chi connectivity index (χ0n) is 10.5. The Hall–Kier alpha value is -1.90. The van der Waals surface area contributed by atoms with Crippen LogP contribution in [0.3, 0.4) is 0 Å². The fraction of sp³-hybridized carbons (Fsp3) is 0.333. The Morgan fingerprint density at radius 3 is 1.86 bits per heavy atom. The van der Waals surface area contributed by atoms with Gasteiger partial charge < -0.3 is 5.11 Å². The van der Waals surface area contributed by atoms with Crippen LogP contribution in [-0.2, 0) is 17.1 Å². The lowest BCUT2D eigenvalue weighted by atomic mass is 10.0. The van der Waals surface area contributed by atoms with Crippen LogP contribution in [0.15, 0.2) is 18.2 Å². The smallest absolute Gasteiger partial charge is 0.392 e. The summed E-state index contributed by atoms with van der Waals surface area (Å²) >= 11 is 0. The summed E-state index contributed by atoms with van der Waals surface area (Å²) in [6.45, 7) is 0.252. The first kappa shape index (κ1) is 17.2. The summed E-state index contributed by atoms with van der Waals surface area (Å²) in [6.07, 6.45) is -9.37. The lowest BCUT2D eigenvalue weighted by Crippen LogP contribution is -2.16. The average molecular weight is 313 g/mol. The zero-order valence-corrected chi connectivity index (χ0v) is 10.5. The standard InChI is InChI=1S/C12H9F6NO2/c1-6(21)8(2-3-20)7-4-9(11(13,14)15)19-10(5-7)12(16,17)18/h2,4-5,20H,3H2,1H3/b8-2+. The van der Waals surface area contributed by atoms with Gasteiger partial charge in [-0.15, -0.1) is 0 Å². The van der Waals surface area contributed by atoms with Gasteiger partial charge in [-0.2, -0.15) is 26.3 Å². The van der Waals surface area contributed by atoms with Gasteiger partial charge in [0.1, 0.15) is 11.4 Å². The van der Waals surface area contributed by atoms with Crippen molar-refractivity contribution in [3.8, 4) is 0 Å². The molecule has 0 atom stereocenters. The number of carbonyl (C=O) groups excluding carboxylic acids is 1. The molecule has 1 aromatic rings. The Labute approximate surface area is 114 Å². The lowest BCUT2D eigenvalue weighted by molar-refractivity contribution is -0.150. The molecule has 0 saturated heterocycles. The first-order chi connectivity index (χ1) is 9.46. The van der Waals surface area contributed by atoms with Crippen molar-refractivity contribution in [1.82, 2.24) is 4.98 Å². The summed E-state index contributed by atoms with van der Waals surface area (Å²) in [4.78, 5) is 13.8. The predicted molar refractivity (Wildman–Crippen MR) is 60.0 cm³/mol. The molecule has 0 radical (unpaired) electrons. The van der Waals surface area contributed by atoms with Crippen LogP contribution >= 0.6 is 0 Å². The number of alkyl halides is 6. The third-order valence-electron chi connectivity index (χ3n) is 2.39. The number of hydrogen-bond donors (Lipinski definition) is 1. The molecule has 0 bridgehead atoms. The van der Waals surface area contributed by atoms with Crippen LogP contribution in [0.2, 0.25) is 0 Å². The number of halogens is 6. The maximum atomic E-state index is 12.6. The minimum atomic E-state index is -5.10. The molecule has 0 saturated carbocycles. The van der Waals surface area contributed by atoms with E-state index in [1.165, 1.54) is 0 Å². The van der Waals surface area contributed by atoms with Gasteiger partial charge in [0.2, 0.25) is 0 Å². The van der Waals surface area contributed by atoms with E-state index in [1.54, 1.807) is 0 Å². The molecule has 1 aromatic heterocycles. The second kappa shape index (κ2) is 5.84. The number of ketones is 1. The van der Waals surface area contributed by atoms with Crippen LogP contribution < -0.4 is 0 Å². The number of aliphatic hydroxyl groups excluding tert-OH is 1. The molecule has 0 spiro atoms. The summed E-state index contributed by atoms with van der Waals surface area (Å²) in [5, 5.41) is 8.72. The van der Waals surface area contributed by atoms with Gasteiger partial charge in [0.25, 0.3) is 0 Å². The van der Waals surface area contributed by atoms with Crippen LogP contribution in [0.5, 0.6) is 0 Å². The summed E-state index contributed by atoms with van der Waals surface area (Å²) in [6, 6.07) is 0.663. The minimum Gasteiger partial charge on any atom is -0.392 e. The maximum Gasteiger partial charge on any atom is 0.433 e. The molecule has 0 aliphatic rings. The van der Waals surface area contributed by atoms with Crippen LogP contribution in [0.4, 0.5) is 26.3 Å². The molecule has 1 heterocycles. The highest BCUT2D eigenvalue weighted by Gasteiger charge is 2.39. The number of Topliss-reactive ketones (excluding diaryl/α,β-unsaturated/α-hetero) is 1. The predicted octanol–water partition coefficient (Wildman–Crippen LogP) is 3.08. The molecule has 0 aliphatic heterocycles. The molecule has 116 valence electrons. The van der Waals surface area contributed by atoms with Crippen molar-refractivity contribution in [3.63, 3.8) is 0 Å². The molecule has 9 heteroatoms. The summed E-state index contributed by atoms with van der Waals surface area (Å²) < 4.78 is 75.6. The number of nitrogens with zero attached hydrogens (tertiary/aromatic N) is 1. The number of carbonyl (C=O) groups is 1. The van der Waals surface area contributed by atoms with Crippen molar-refractivity contribution >= 4 is 11.4 Å². The molecule has 0 unspecified atom stereocenters. The van der Waals surface area contributed by atoms with E-state index in [0.29, 0.717) is 12.1 Å². The molecular weight excluding hydrogens is 304 g/mol. The van der Waals surface area contributed by atoms with Gasteiger partial charge in [-0.05, 0) is 30.7 Å². The Kier molecular flexibility index (Phi) is 4.77. The first-order valence-corrected chi connectivity index (χ1v) is 5.45. The van der Waals surface area contributed by atoms with Gasteiger partial charge in [-0.25, -0.2) is 4.98 Å². The fourth-order valence-electron chi connectivity index (χ4n) is 1.53. The van der Waals surface area contributed by atoms with E-state index < -0.39 is 47.3 Å². The number of aromatic nitrogens is 1. The molecule has 1 N–H and O–H groups in total. The normalized spacial score (nSPS) is 13.4. The van der Waals surface area contributed by atoms with Crippen molar-refractivity contribution in [3.05, 3.63) is 35.2 Å². The van der Waals surface area contributed by atoms with E-state index >= 15 is 0 Å². The Morgan fingerprint density at radius 2 is 1.57 bits per heavy atom. The molecule has 21 heavy (non-hydrogen) atoms. The fourth-order valence-corrected chi connectivity index (χ4v) is 1.53. The van der Waals surface area contributed by atoms with Gasteiger partial charge in [0.15, 0.2) is 5.78 Å². The van der Waals surface area contributed by atoms with Gasteiger partial charge in [-0.3, -0.25) is 4.79 Å². The highest BCUT2D eigenvalue weighted by Crippen LogP contribution is 2.35. The van der Waals surface area contributed by atoms with Gasteiger partial charge in [0, 0.05) is 5.57 Å². The second-order valence-electron chi connectivity index (χ2n) is 3.98. The average Bonchev–Trinajstić information content (AvgIpc) is 2.32. The largest absolute Gasteiger partial charge is 0.433 e. The Balaban J connectivity index is 3.59. The molecule has 0 aliphatic carbocycles. The van der Waals surface area contributed by atoms with Crippen molar-refractivity contribution in [2.75, 3.05) is 6.61 Å². The van der Waals surface area contributed by atoms with Gasteiger partial charge in [-0.1, -0.05) is 0 Å². The monoisotopic (exact) mass is 313 g/mol. The van der Waals surface area contributed by atoms with E-state index in [-0.39, 0.29) is 0 Å². The highest BCUT2D eigenvalue weighted by atomic mass is 19.4. The van der Waals surface area contributed by atoms with Crippen molar-refractivity contribution in [2.45, 2.75) is 19.3 Å². The maximum absolute atomic E-state index is 12.6. The van der Waals surface area contributed by atoms with Crippen molar-refractivity contribution < 1.29 is 36.2 Å². The number of rotatable bonds is 3. The zero-order chi connectivity index (χ0) is 16.4.